The standard InChI is InChI=1S/C27H35N3O8S2/c1-20-7-10-23(11-8-20)39(33,34)29-16-14-28(15-17-29)26(31)19-38-27(32)22-9-12-24(37-3)25(18-22)40(35,36)30-13-5-4-6-21(30)2/h7-12,18,21H,4-6,13-17,19H2,1-3H3/t21-/m1/s1. The zero-order chi connectivity index (χ0) is 29.1. The fourth-order valence-corrected chi connectivity index (χ4v) is 8.20. The number of methoxy groups -OCH3 is 1. The molecule has 218 valence electrons. The predicted octanol–water partition coefficient (Wildman–Crippen LogP) is 2.26. The average molecular weight is 594 g/mol. The lowest BCUT2D eigenvalue weighted by atomic mass is 10.1. The molecule has 2 saturated heterocycles. The first-order valence-corrected chi connectivity index (χ1v) is 16.0. The average Bonchev–Trinajstić information content (AvgIpc) is 2.95. The lowest BCUT2D eigenvalue weighted by Gasteiger charge is -2.33. The molecule has 0 radical (unpaired) electrons. The van der Waals surface area contributed by atoms with Crippen LogP contribution in [0.5, 0.6) is 5.75 Å². The number of carbonyl (C=O) groups excluding carboxylic acids is 2. The summed E-state index contributed by atoms with van der Waals surface area (Å²) in [5.74, 6) is -1.20. The fourth-order valence-electron chi connectivity index (χ4n) is 4.90. The van der Waals surface area contributed by atoms with Crippen LogP contribution in [0.3, 0.4) is 0 Å². The molecule has 0 spiro atoms. The second kappa shape index (κ2) is 12.2. The van der Waals surface area contributed by atoms with Gasteiger partial charge in [0.05, 0.1) is 17.6 Å². The van der Waals surface area contributed by atoms with Gasteiger partial charge in [-0.25, -0.2) is 21.6 Å². The Labute approximate surface area is 235 Å². The molecule has 1 amide bonds. The van der Waals surface area contributed by atoms with Gasteiger partial charge < -0.3 is 14.4 Å². The van der Waals surface area contributed by atoms with E-state index in [1.54, 1.807) is 24.3 Å². The van der Waals surface area contributed by atoms with Gasteiger partial charge in [-0.1, -0.05) is 24.1 Å². The van der Waals surface area contributed by atoms with E-state index in [-0.39, 0.29) is 53.3 Å². The highest BCUT2D eigenvalue weighted by Crippen LogP contribution is 2.32. The van der Waals surface area contributed by atoms with Gasteiger partial charge in [0.1, 0.15) is 10.6 Å². The van der Waals surface area contributed by atoms with Crippen LogP contribution in [0.1, 0.15) is 42.1 Å². The molecule has 13 heteroatoms. The molecule has 0 aromatic heterocycles. The number of hydrogen-bond donors (Lipinski definition) is 0. The highest BCUT2D eigenvalue weighted by atomic mass is 32.2. The molecular formula is C27H35N3O8S2. The minimum atomic E-state index is -3.93. The third-order valence-corrected chi connectivity index (χ3v) is 11.3. The summed E-state index contributed by atoms with van der Waals surface area (Å²) in [5.41, 5.74) is 0.929. The third kappa shape index (κ3) is 6.32. The van der Waals surface area contributed by atoms with Gasteiger partial charge in [0.2, 0.25) is 20.0 Å². The number of piperazine rings is 1. The summed E-state index contributed by atoms with van der Waals surface area (Å²) in [4.78, 5) is 27.0. The van der Waals surface area contributed by atoms with Gasteiger partial charge in [-0.15, -0.1) is 0 Å². The first-order chi connectivity index (χ1) is 18.9. The quantitative estimate of drug-likeness (QED) is 0.426. The minimum Gasteiger partial charge on any atom is -0.495 e. The third-order valence-electron chi connectivity index (χ3n) is 7.30. The van der Waals surface area contributed by atoms with E-state index in [0.717, 1.165) is 24.8 Å². The van der Waals surface area contributed by atoms with Crippen LogP contribution in [0, 0.1) is 6.92 Å². The Bertz CT molecular complexity index is 1450. The monoisotopic (exact) mass is 593 g/mol. The molecule has 0 bridgehead atoms. The highest BCUT2D eigenvalue weighted by molar-refractivity contribution is 7.89. The Morgan fingerprint density at radius 1 is 0.900 bits per heavy atom. The molecule has 2 aliphatic heterocycles. The topological polar surface area (TPSA) is 131 Å². The van der Waals surface area contributed by atoms with Gasteiger partial charge in [0, 0.05) is 38.8 Å². The van der Waals surface area contributed by atoms with E-state index in [0.29, 0.717) is 6.54 Å². The zero-order valence-corrected chi connectivity index (χ0v) is 24.5. The zero-order valence-electron chi connectivity index (χ0n) is 22.9. The Kier molecular flexibility index (Phi) is 9.18. The first-order valence-electron chi connectivity index (χ1n) is 13.2. The van der Waals surface area contributed by atoms with Crippen molar-refractivity contribution < 1.29 is 35.9 Å². The van der Waals surface area contributed by atoms with E-state index in [1.807, 2.05) is 13.8 Å². The number of benzene rings is 2. The number of carbonyl (C=O) groups is 2. The number of nitrogens with zero attached hydrogens (tertiary/aromatic N) is 3. The molecule has 4 rings (SSSR count). The van der Waals surface area contributed by atoms with E-state index in [2.05, 4.69) is 0 Å². The minimum absolute atomic E-state index is 0.0224. The SMILES string of the molecule is COc1ccc(C(=O)OCC(=O)N2CCN(S(=O)(=O)c3ccc(C)cc3)CC2)cc1S(=O)(=O)N1CCCC[C@H]1C. The van der Waals surface area contributed by atoms with Gasteiger partial charge >= 0.3 is 5.97 Å². The Morgan fingerprint density at radius 2 is 1.57 bits per heavy atom. The number of ether oxygens (including phenoxy) is 2. The van der Waals surface area contributed by atoms with Crippen LogP contribution in [0.25, 0.3) is 0 Å². The first kappa shape index (κ1) is 30.0. The van der Waals surface area contributed by atoms with E-state index < -0.39 is 38.5 Å². The van der Waals surface area contributed by atoms with Gasteiger partial charge in [-0.05, 0) is 57.0 Å². The summed E-state index contributed by atoms with van der Waals surface area (Å²) in [5, 5.41) is 0. The van der Waals surface area contributed by atoms with Crippen LogP contribution in [-0.4, -0.2) is 94.7 Å². The summed E-state index contributed by atoms with van der Waals surface area (Å²) in [6.45, 7) is 4.09. The Hall–Kier alpha value is -3.00. The van der Waals surface area contributed by atoms with E-state index in [4.69, 9.17) is 9.47 Å². The molecule has 0 N–H and O–H groups in total. The second-order valence-electron chi connectivity index (χ2n) is 10.0. The van der Waals surface area contributed by atoms with Crippen molar-refractivity contribution in [1.82, 2.24) is 13.5 Å². The number of amides is 1. The fraction of sp³-hybridized carbons (Fsp3) is 0.481. The van der Waals surface area contributed by atoms with Crippen LogP contribution >= 0.6 is 0 Å². The highest BCUT2D eigenvalue weighted by Gasteiger charge is 2.34. The van der Waals surface area contributed by atoms with E-state index in [1.165, 1.54) is 38.8 Å². The number of hydrogen-bond acceptors (Lipinski definition) is 8. The maximum Gasteiger partial charge on any atom is 0.338 e. The molecule has 0 unspecified atom stereocenters. The number of piperidine rings is 1. The largest absolute Gasteiger partial charge is 0.495 e. The van der Waals surface area contributed by atoms with Crippen LogP contribution < -0.4 is 4.74 Å². The van der Waals surface area contributed by atoms with Crippen molar-refractivity contribution in [3.63, 3.8) is 0 Å². The predicted molar refractivity (Wildman–Crippen MR) is 147 cm³/mol. The van der Waals surface area contributed by atoms with E-state index >= 15 is 0 Å². The maximum atomic E-state index is 13.4. The van der Waals surface area contributed by atoms with Crippen LogP contribution in [0.15, 0.2) is 52.3 Å². The second-order valence-corrected chi connectivity index (χ2v) is 13.8. The van der Waals surface area contributed by atoms with Crippen LogP contribution in [0.4, 0.5) is 0 Å². The van der Waals surface area contributed by atoms with Crippen molar-refractivity contribution in [3.8, 4) is 5.75 Å². The molecule has 0 aliphatic carbocycles. The lowest BCUT2D eigenvalue weighted by molar-refractivity contribution is -0.135. The molecule has 2 aliphatic rings. The van der Waals surface area contributed by atoms with Crippen LogP contribution in [-0.2, 0) is 29.6 Å². The normalized spacial score (nSPS) is 19.3. The van der Waals surface area contributed by atoms with Crippen molar-refractivity contribution >= 4 is 31.9 Å². The van der Waals surface area contributed by atoms with E-state index in [9.17, 15) is 26.4 Å². The molecule has 0 saturated carbocycles. The smallest absolute Gasteiger partial charge is 0.338 e. The molecule has 1 atom stereocenters. The van der Waals surface area contributed by atoms with Gasteiger partial charge in [0.25, 0.3) is 5.91 Å². The number of rotatable bonds is 8. The van der Waals surface area contributed by atoms with Crippen molar-refractivity contribution in [1.29, 1.82) is 0 Å². The lowest BCUT2D eigenvalue weighted by Crippen LogP contribution is -2.51. The van der Waals surface area contributed by atoms with Gasteiger partial charge in [-0.3, -0.25) is 4.79 Å². The van der Waals surface area contributed by atoms with Crippen molar-refractivity contribution in [2.24, 2.45) is 0 Å². The van der Waals surface area contributed by atoms with Gasteiger partial charge in [-0.2, -0.15) is 8.61 Å². The Morgan fingerprint density at radius 3 is 2.20 bits per heavy atom. The van der Waals surface area contributed by atoms with Gasteiger partial charge in [0.15, 0.2) is 6.61 Å². The molecule has 2 fully saturated rings. The number of sulfonamides is 2. The summed E-state index contributed by atoms with van der Waals surface area (Å²) in [7, 11) is -6.25. The van der Waals surface area contributed by atoms with Crippen LogP contribution in [0.2, 0.25) is 0 Å². The molecule has 2 aromatic rings. The molecule has 2 heterocycles. The summed E-state index contributed by atoms with van der Waals surface area (Å²) < 4.78 is 65.9. The van der Waals surface area contributed by atoms with Crippen molar-refractivity contribution in [2.75, 3.05) is 46.4 Å². The Balaban J connectivity index is 1.37. The summed E-state index contributed by atoms with van der Waals surface area (Å²) in [6.07, 6.45) is 2.45. The maximum absolute atomic E-state index is 13.4. The summed E-state index contributed by atoms with van der Waals surface area (Å²) >= 11 is 0. The van der Waals surface area contributed by atoms with Crippen molar-refractivity contribution in [3.05, 3.63) is 53.6 Å². The molecule has 11 nitrogen and oxygen atoms in total. The molecule has 2 aromatic carbocycles. The number of esters is 1. The van der Waals surface area contributed by atoms with Crippen molar-refractivity contribution in [2.45, 2.75) is 48.9 Å². The summed E-state index contributed by atoms with van der Waals surface area (Å²) in [6, 6.07) is 10.4. The molecular weight excluding hydrogens is 558 g/mol. The molecule has 40 heavy (non-hydrogen) atoms. The number of aryl methyl sites for hydroxylation is 1.